The molecule has 1 aliphatic carbocycles. The van der Waals surface area contributed by atoms with Crippen molar-refractivity contribution in [2.24, 2.45) is 0 Å². The summed E-state index contributed by atoms with van der Waals surface area (Å²) in [5.41, 5.74) is 1.35. The van der Waals surface area contributed by atoms with Crippen LogP contribution in [0.25, 0.3) is 0 Å². The Morgan fingerprint density at radius 2 is 2.07 bits per heavy atom. The van der Waals surface area contributed by atoms with E-state index >= 15 is 0 Å². The Kier molecular flexibility index (Phi) is 2.77. The van der Waals surface area contributed by atoms with Gasteiger partial charge in [0.15, 0.2) is 5.13 Å². The highest BCUT2D eigenvalue weighted by Gasteiger charge is 2.26. The standard InChI is InChI=1S/C11H18N2S/c1-4-12-11-13-9-7(2)5-6-8(3)10(9)14-11/h7-8H,4-6H2,1-3H3,(H,12,13). The Bertz CT molecular complexity index is 292. The summed E-state index contributed by atoms with van der Waals surface area (Å²) in [4.78, 5) is 6.19. The third-order valence-electron chi connectivity index (χ3n) is 2.96. The molecular formula is C11H18N2S. The summed E-state index contributed by atoms with van der Waals surface area (Å²) in [6.07, 6.45) is 2.62. The number of nitrogens with zero attached hydrogens (tertiary/aromatic N) is 1. The van der Waals surface area contributed by atoms with Crippen LogP contribution in [0.3, 0.4) is 0 Å². The van der Waals surface area contributed by atoms with E-state index in [2.05, 4.69) is 31.1 Å². The number of nitrogens with one attached hydrogen (secondary N) is 1. The maximum absolute atomic E-state index is 4.68. The van der Waals surface area contributed by atoms with E-state index in [1.807, 2.05) is 11.3 Å². The van der Waals surface area contributed by atoms with Gasteiger partial charge in [0.1, 0.15) is 0 Å². The number of anilines is 1. The molecule has 0 aliphatic heterocycles. The molecule has 78 valence electrons. The maximum atomic E-state index is 4.68. The van der Waals surface area contributed by atoms with E-state index in [4.69, 9.17) is 0 Å². The quantitative estimate of drug-likeness (QED) is 0.807. The minimum Gasteiger partial charge on any atom is -0.362 e. The first-order valence-corrected chi connectivity index (χ1v) is 6.28. The fraction of sp³-hybridized carbons (Fsp3) is 0.727. The zero-order valence-electron chi connectivity index (χ0n) is 9.13. The summed E-state index contributed by atoms with van der Waals surface area (Å²) in [6.45, 7) is 7.70. The Morgan fingerprint density at radius 1 is 1.36 bits per heavy atom. The molecule has 1 N–H and O–H groups in total. The van der Waals surface area contributed by atoms with Gasteiger partial charge in [-0.2, -0.15) is 0 Å². The Morgan fingerprint density at radius 3 is 2.71 bits per heavy atom. The highest BCUT2D eigenvalue weighted by Crippen LogP contribution is 2.42. The molecule has 1 aromatic rings. The van der Waals surface area contributed by atoms with E-state index in [-0.39, 0.29) is 0 Å². The van der Waals surface area contributed by atoms with Crippen molar-refractivity contribution < 1.29 is 0 Å². The van der Waals surface area contributed by atoms with Crippen molar-refractivity contribution in [3.63, 3.8) is 0 Å². The van der Waals surface area contributed by atoms with Crippen LogP contribution in [0, 0.1) is 0 Å². The molecule has 2 atom stereocenters. The lowest BCUT2D eigenvalue weighted by molar-refractivity contribution is 0.526. The van der Waals surface area contributed by atoms with Gasteiger partial charge in [0.2, 0.25) is 0 Å². The van der Waals surface area contributed by atoms with E-state index in [0.29, 0.717) is 11.8 Å². The minimum atomic E-state index is 0.657. The van der Waals surface area contributed by atoms with E-state index < -0.39 is 0 Å². The third-order valence-corrected chi connectivity index (χ3v) is 4.22. The van der Waals surface area contributed by atoms with E-state index in [9.17, 15) is 0 Å². The first kappa shape index (κ1) is 9.97. The zero-order valence-corrected chi connectivity index (χ0v) is 9.95. The number of fused-ring (bicyclic) bond motifs is 1. The first-order valence-electron chi connectivity index (χ1n) is 5.46. The second-order valence-electron chi connectivity index (χ2n) is 4.18. The largest absolute Gasteiger partial charge is 0.362 e. The van der Waals surface area contributed by atoms with Gasteiger partial charge in [-0.3, -0.25) is 0 Å². The number of rotatable bonds is 2. The van der Waals surface area contributed by atoms with Crippen LogP contribution in [0.15, 0.2) is 0 Å². The van der Waals surface area contributed by atoms with Crippen molar-refractivity contribution in [2.45, 2.75) is 45.4 Å². The van der Waals surface area contributed by atoms with Crippen LogP contribution in [0.5, 0.6) is 0 Å². The van der Waals surface area contributed by atoms with Crippen molar-refractivity contribution >= 4 is 16.5 Å². The van der Waals surface area contributed by atoms with Gasteiger partial charge in [-0.25, -0.2) is 4.98 Å². The van der Waals surface area contributed by atoms with Gasteiger partial charge < -0.3 is 5.32 Å². The number of thiazole rings is 1. The van der Waals surface area contributed by atoms with Crippen LogP contribution < -0.4 is 5.32 Å². The average molecular weight is 210 g/mol. The Hall–Kier alpha value is -0.570. The second-order valence-corrected chi connectivity index (χ2v) is 5.21. The Balaban J connectivity index is 2.32. The summed E-state index contributed by atoms with van der Waals surface area (Å²) in [5, 5.41) is 4.42. The van der Waals surface area contributed by atoms with Crippen LogP contribution in [0.2, 0.25) is 0 Å². The summed E-state index contributed by atoms with van der Waals surface area (Å²) in [6, 6.07) is 0. The highest BCUT2D eigenvalue weighted by molar-refractivity contribution is 7.15. The molecule has 0 aromatic carbocycles. The lowest BCUT2D eigenvalue weighted by atomic mass is 9.86. The monoisotopic (exact) mass is 210 g/mol. The molecule has 0 saturated heterocycles. The lowest BCUT2D eigenvalue weighted by Crippen LogP contribution is -2.08. The molecule has 0 spiro atoms. The minimum absolute atomic E-state index is 0.657. The van der Waals surface area contributed by atoms with Crippen LogP contribution in [-0.4, -0.2) is 11.5 Å². The van der Waals surface area contributed by atoms with Crippen molar-refractivity contribution in [3.05, 3.63) is 10.6 Å². The summed E-state index contributed by atoms with van der Waals surface area (Å²) in [7, 11) is 0. The van der Waals surface area contributed by atoms with Crippen molar-refractivity contribution in [2.75, 3.05) is 11.9 Å². The van der Waals surface area contributed by atoms with Gasteiger partial charge in [0, 0.05) is 11.4 Å². The van der Waals surface area contributed by atoms with Gasteiger partial charge in [-0.15, -0.1) is 11.3 Å². The smallest absolute Gasteiger partial charge is 0.183 e. The lowest BCUT2D eigenvalue weighted by Gasteiger charge is -2.21. The molecule has 1 heterocycles. The predicted molar refractivity (Wildman–Crippen MR) is 62.3 cm³/mol. The summed E-state index contributed by atoms with van der Waals surface area (Å²) < 4.78 is 0. The van der Waals surface area contributed by atoms with Crippen molar-refractivity contribution in [1.82, 2.24) is 4.98 Å². The molecule has 0 amide bonds. The zero-order chi connectivity index (χ0) is 10.1. The molecule has 1 aliphatic rings. The molecule has 0 radical (unpaired) electrons. The summed E-state index contributed by atoms with van der Waals surface area (Å²) in [5.74, 6) is 1.37. The number of hydrogen-bond acceptors (Lipinski definition) is 3. The maximum Gasteiger partial charge on any atom is 0.183 e. The number of hydrogen-bond donors (Lipinski definition) is 1. The van der Waals surface area contributed by atoms with Crippen LogP contribution in [0.4, 0.5) is 5.13 Å². The topological polar surface area (TPSA) is 24.9 Å². The van der Waals surface area contributed by atoms with Crippen LogP contribution in [-0.2, 0) is 0 Å². The number of aromatic nitrogens is 1. The second kappa shape index (κ2) is 3.89. The van der Waals surface area contributed by atoms with E-state index in [1.165, 1.54) is 23.4 Å². The van der Waals surface area contributed by atoms with Crippen molar-refractivity contribution in [3.8, 4) is 0 Å². The SMILES string of the molecule is CCNc1nc2c(s1)C(C)CCC2C. The molecule has 0 saturated carbocycles. The molecular weight excluding hydrogens is 192 g/mol. The molecule has 0 bridgehead atoms. The van der Waals surface area contributed by atoms with Gasteiger partial charge in [0.25, 0.3) is 0 Å². The molecule has 2 rings (SSSR count). The Labute approximate surface area is 89.8 Å². The van der Waals surface area contributed by atoms with Crippen molar-refractivity contribution in [1.29, 1.82) is 0 Å². The van der Waals surface area contributed by atoms with E-state index in [1.54, 1.807) is 0 Å². The average Bonchev–Trinajstić information content (AvgIpc) is 2.57. The predicted octanol–water partition coefficient (Wildman–Crippen LogP) is 3.58. The third kappa shape index (κ3) is 1.65. The van der Waals surface area contributed by atoms with Crippen LogP contribution in [0.1, 0.15) is 56.0 Å². The van der Waals surface area contributed by atoms with Gasteiger partial charge in [-0.05, 0) is 31.6 Å². The molecule has 14 heavy (non-hydrogen) atoms. The van der Waals surface area contributed by atoms with Gasteiger partial charge >= 0.3 is 0 Å². The van der Waals surface area contributed by atoms with Crippen LogP contribution >= 0.6 is 11.3 Å². The fourth-order valence-corrected chi connectivity index (χ4v) is 3.28. The fourth-order valence-electron chi connectivity index (χ4n) is 2.04. The van der Waals surface area contributed by atoms with E-state index in [0.717, 1.165) is 11.7 Å². The molecule has 2 unspecified atom stereocenters. The normalized spacial score (nSPS) is 25.9. The highest BCUT2D eigenvalue weighted by atomic mass is 32.1. The first-order chi connectivity index (χ1) is 6.72. The molecule has 1 aromatic heterocycles. The molecule has 3 heteroatoms. The summed E-state index contributed by atoms with van der Waals surface area (Å²) >= 11 is 1.85. The molecule has 0 fully saturated rings. The van der Waals surface area contributed by atoms with Gasteiger partial charge in [-0.1, -0.05) is 13.8 Å². The molecule has 2 nitrogen and oxygen atoms in total. The van der Waals surface area contributed by atoms with Gasteiger partial charge in [0.05, 0.1) is 5.69 Å².